The minimum atomic E-state index is 0.635. The lowest BCUT2D eigenvalue weighted by Gasteiger charge is -1.79. The summed E-state index contributed by atoms with van der Waals surface area (Å²) in [7, 11) is 0. The molecule has 0 aliphatic rings. The number of allylic oxidation sites excluding steroid dienone is 3. The molecule has 0 aliphatic heterocycles. The van der Waals surface area contributed by atoms with Crippen LogP contribution >= 0.6 is 0 Å². The van der Waals surface area contributed by atoms with E-state index in [1.807, 2.05) is 18.2 Å². The van der Waals surface area contributed by atoms with Crippen molar-refractivity contribution in [2.24, 2.45) is 5.73 Å². The molecule has 0 aromatic carbocycles. The van der Waals surface area contributed by atoms with Gasteiger partial charge in [-0.15, -0.1) is 0 Å². The maximum Gasteiger partial charge on any atom is 0.0109 e. The van der Waals surface area contributed by atoms with Crippen LogP contribution in [0, 0.1) is 0 Å². The Hall–Kier alpha value is -0.560. The highest BCUT2D eigenvalue weighted by Crippen LogP contribution is 1.87. The van der Waals surface area contributed by atoms with Crippen LogP contribution in [0.1, 0.15) is 19.8 Å². The van der Waals surface area contributed by atoms with Gasteiger partial charge in [-0.05, 0) is 6.42 Å². The molecule has 2 N–H and O–H groups in total. The first kappa shape index (κ1) is 8.44. The Bertz CT molecular complexity index is 92.7. The largest absolute Gasteiger partial charge is 0.327 e. The number of rotatable bonds is 4. The second-order valence-electron chi connectivity index (χ2n) is 1.88. The average molecular weight is 125 g/mol. The first-order valence-electron chi connectivity index (χ1n) is 3.43. The molecule has 0 bridgehead atoms. The van der Waals surface area contributed by atoms with Gasteiger partial charge in [-0.2, -0.15) is 0 Å². The minimum absolute atomic E-state index is 0.635. The number of unbranched alkanes of at least 4 members (excludes halogenated alkanes) is 1. The van der Waals surface area contributed by atoms with Gasteiger partial charge in [-0.3, -0.25) is 0 Å². The number of hydrogen-bond donors (Lipinski definition) is 1. The fraction of sp³-hybridized carbons (Fsp3) is 0.500. The molecule has 0 fully saturated rings. The van der Waals surface area contributed by atoms with E-state index in [0.29, 0.717) is 6.54 Å². The molecule has 52 valence electrons. The van der Waals surface area contributed by atoms with Crippen LogP contribution in [0.4, 0.5) is 0 Å². The van der Waals surface area contributed by atoms with Crippen LogP contribution in [0.5, 0.6) is 0 Å². The van der Waals surface area contributed by atoms with E-state index >= 15 is 0 Å². The predicted molar refractivity (Wildman–Crippen MR) is 42.2 cm³/mol. The van der Waals surface area contributed by atoms with E-state index in [9.17, 15) is 0 Å². The minimum Gasteiger partial charge on any atom is -0.327 e. The Morgan fingerprint density at radius 1 is 1.22 bits per heavy atom. The van der Waals surface area contributed by atoms with E-state index in [1.165, 1.54) is 6.42 Å². The molecular weight excluding hydrogens is 110 g/mol. The third kappa shape index (κ3) is 7.44. The quantitative estimate of drug-likeness (QED) is 0.570. The van der Waals surface area contributed by atoms with Crippen molar-refractivity contribution in [1.82, 2.24) is 0 Å². The van der Waals surface area contributed by atoms with Gasteiger partial charge in [0, 0.05) is 6.54 Å². The van der Waals surface area contributed by atoms with Crippen molar-refractivity contribution in [3.8, 4) is 0 Å². The molecule has 0 aromatic heterocycles. The number of nitrogens with two attached hydrogens (primary N) is 1. The first-order valence-corrected chi connectivity index (χ1v) is 3.43. The third-order valence-corrected chi connectivity index (χ3v) is 0.975. The Kier molecular flexibility index (Phi) is 6.98. The lowest BCUT2D eigenvalue weighted by molar-refractivity contribution is 0.959. The van der Waals surface area contributed by atoms with E-state index in [0.717, 1.165) is 6.42 Å². The molecule has 0 unspecified atom stereocenters. The Morgan fingerprint density at radius 2 is 1.89 bits per heavy atom. The van der Waals surface area contributed by atoms with E-state index < -0.39 is 0 Å². The highest BCUT2D eigenvalue weighted by molar-refractivity contribution is 5.02. The van der Waals surface area contributed by atoms with Crippen LogP contribution in [-0.4, -0.2) is 6.54 Å². The van der Waals surface area contributed by atoms with Crippen LogP contribution in [0.2, 0.25) is 0 Å². The molecule has 0 amide bonds. The molecule has 0 rings (SSSR count). The van der Waals surface area contributed by atoms with Gasteiger partial charge in [0.1, 0.15) is 0 Å². The fourth-order valence-electron chi connectivity index (χ4n) is 0.499. The Balaban J connectivity index is 3.13. The summed E-state index contributed by atoms with van der Waals surface area (Å²) >= 11 is 0. The highest BCUT2D eigenvalue weighted by atomic mass is 14.5. The van der Waals surface area contributed by atoms with Crippen LogP contribution < -0.4 is 5.73 Å². The van der Waals surface area contributed by atoms with E-state index in [1.54, 1.807) is 0 Å². The summed E-state index contributed by atoms with van der Waals surface area (Å²) in [5, 5.41) is 0. The molecule has 0 saturated heterocycles. The zero-order chi connectivity index (χ0) is 6.95. The van der Waals surface area contributed by atoms with Crippen molar-refractivity contribution >= 4 is 0 Å². The van der Waals surface area contributed by atoms with E-state index in [4.69, 9.17) is 5.73 Å². The molecule has 1 nitrogen and oxygen atoms in total. The van der Waals surface area contributed by atoms with Crippen molar-refractivity contribution in [2.75, 3.05) is 6.54 Å². The summed E-state index contributed by atoms with van der Waals surface area (Å²) < 4.78 is 0. The molecule has 0 spiro atoms. The van der Waals surface area contributed by atoms with Crippen molar-refractivity contribution in [3.05, 3.63) is 24.3 Å². The van der Waals surface area contributed by atoms with Gasteiger partial charge >= 0.3 is 0 Å². The number of hydrogen-bond acceptors (Lipinski definition) is 1. The third-order valence-electron chi connectivity index (χ3n) is 0.975. The van der Waals surface area contributed by atoms with Crippen LogP contribution in [0.3, 0.4) is 0 Å². The van der Waals surface area contributed by atoms with E-state index in [2.05, 4.69) is 13.0 Å². The summed E-state index contributed by atoms with van der Waals surface area (Å²) in [6.07, 6.45) is 10.5. The Labute approximate surface area is 57.3 Å². The molecule has 0 atom stereocenters. The Morgan fingerprint density at radius 3 is 2.44 bits per heavy atom. The van der Waals surface area contributed by atoms with Gasteiger partial charge in [-0.1, -0.05) is 37.6 Å². The summed E-state index contributed by atoms with van der Waals surface area (Å²) in [4.78, 5) is 0. The summed E-state index contributed by atoms with van der Waals surface area (Å²) in [6, 6.07) is 0. The van der Waals surface area contributed by atoms with Crippen LogP contribution in [0.15, 0.2) is 24.3 Å². The summed E-state index contributed by atoms with van der Waals surface area (Å²) in [6.45, 7) is 2.80. The first-order chi connectivity index (χ1) is 4.41. The zero-order valence-electron chi connectivity index (χ0n) is 6.01. The molecule has 1 heteroatoms. The smallest absolute Gasteiger partial charge is 0.0109 e. The lowest BCUT2D eigenvalue weighted by Crippen LogP contribution is -1.91. The predicted octanol–water partition coefficient (Wildman–Crippen LogP) is 1.86. The molecule has 0 aromatic rings. The molecule has 0 radical (unpaired) electrons. The molecular formula is C8H15N. The topological polar surface area (TPSA) is 26.0 Å². The van der Waals surface area contributed by atoms with Gasteiger partial charge in [0.15, 0.2) is 0 Å². The monoisotopic (exact) mass is 125 g/mol. The maximum atomic E-state index is 5.22. The SMILES string of the molecule is CCC/C=C\C=C/CN. The van der Waals surface area contributed by atoms with Crippen LogP contribution in [-0.2, 0) is 0 Å². The lowest BCUT2D eigenvalue weighted by atomic mass is 10.3. The van der Waals surface area contributed by atoms with Crippen molar-refractivity contribution in [3.63, 3.8) is 0 Å². The van der Waals surface area contributed by atoms with Crippen molar-refractivity contribution < 1.29 is 0 Å². The zero-order valence-corrected chi connectivity index (χ0v) is 6.01. The van der Waals surface area contributed by atoms with Crippen LogP contribution in [0.25, 0.3) is 0 Å². The molecule has 0 saturated carbocycles. The molecule has 0 heterocycles. The van der Waals surface area contributed by atoms with Gasteiger partial charge < -0.3 is 5.73 Å². The standard InChI is InChI=1S/C8H15N/c1-2-3-4-5-6-7-8-9/h4-7H,2-3,8-9H2,1H3/b5-4-,7-6-. The van der Waals surface area contributed by atoms with Gasteiger partial charge in [-0.25, -0.2) is 0 Å². The van der Waals surface area contributed by atoms with Gasteiger partial charge in [0.2, 0.25) is 0 Å². The molecule has 9 heavy (non-hydrogen) atoms. The summed E-state index contributed by atoms with van der Waals surface area (Å²) in [5.74, 6) is 0. The normalized spacial score (nSPS) is 11.8. The van der Waals surface area contributed by atoms with E-state index in [-0.39, 0.29) is 0 Å². The maximum absolute atomic E-state index is 5.22. The molecule has 0 aliphatic carbocycles. The second-order valence-corrected chi connectivity index (χ2v) is 1.88. The average Bonchev–Trinajstić information content (AvgIpc) is 1.89. The fourth-order valence-corrected chi connectivity index (χ4v) is 0.499. The van der Waals surface area contributed by atoms with Crippen molar-refractivity contribution in [1.29, 1.82) is 0 Å². The van der Waals surface area contributed by atoms with Gasteiger partial charge in [0.25, 0.3) is 0 Å². The summed E-state index contributed by atoms with van der Waals surface area (Å²) in [5.41, 5.74) is 5.22. The highest BCUT2D eigenvalue weighted by Gasteiger charge is 1.68. The van der Waals surface area contributed by atoms with Gasteiger partial charge in [0.05, 0.1) is 0 Å². The van der Waals surface area contributed by atoms with Crippen molar-refractivity contribution in [2.45, 2.75) is 19.8 Å². The second kappa shape index (κ2) is 7.44.